The number of non-ortho nitro benzene ring substituents is 1. The molecule has 0 aliphatic carbocycles. The van der Waals surface area contributed by atoms with Crippen LogP contribution in [-0.2, 0) is 4.79 Å². The molecule has 28 heavy (non-hydrogen) atoms. The summed E-state index contributed by atoms with van der Waals surface area (Å²) in [5.41, 5.74) is 1.06. The van der Waals surface area contributed by atoms with Gasteiger partial charge in [-0.25, -0.2) is 0 Å². The summed E-state index contributed by atoms with van der Waals surface area (Å²) in [5, 5.41) is 11.0. The minimum absolute atomic E-state index is 0.0951. The predicted molar refractivity (Wildman–Crippen MR) is 104 cm³/mol. The number of hydrogen-bond acceptors (Lipinski definition) is 6. The summed E-state index contributed by atoms with van der Waals surface area (Å²) in [4.78, 5) is 24.7. The second kappa shape index (κ2) is 8.43. The minimum atomic E-state index is -0.500. The minimum Gasteiger partial charge on any atom is -0.493 e. The summed E-state index contributed by atoms with van der Waals surface area (Å²) >= 11 is 0. The van der Waals surface area contributed by atoms with Gasteiger partial charge in [0.1, 0.15) is 12.4 Å². The van der Waals surface area contributed by atoms with Crippen molar-refractivity contribution in [2.75, 3.05) is 31.8 Å². The van der Waals surface area contributed by atoms with Gasteiger partial charge in [0.2, 0.25) is 0 Å². The molecule has 3 rings (SSSR count). The largest absolute Gasteiger partial charge is 0.493 e. The molecule has 0 saturated heterocycles. The molecule has 1 aliphatic heterocycles. The zero-order valence-corrected chi connectivity index (χ0v) is 15.6. The highest BCUT2D eigenvalue weighted by Crippen LogP contribution is 2.35. The number of amides is 1. The van der Waals surface area contributed by atoms with Crippen LogP contribution in [0.15, 0.2) is 42.5 Å². The number of nitro benzene ring substituents is 1. The van der Waals surface area contributed by atoms with E-state index in [4.69, 9.17) is 14.2 Å². The number of methoxy groups -OCH3 is 1. The first-order valence-corrected chi connectivity index (χ1v) is 8.75. The summed E-state index contributed by atoms with van der Waals surface area (Å²) in [6.07, 6.45) is 3.08. The van der Waals surface area contributed by atoms with Gasteiger partial charge < -0.3 is 19.1 Å². The van der Waals surface area contributed by atoms with Crippen LogP contribution < -0.4 is 19.1 Å². The van der Waals surface area contributed by atoms with Crippen LogP contribution in [0.5, 0.6) is 17.2 Å². The standard InChI is InChI=1S/C20H20N2O6/c1-3-27-18-7-4-14(12-19(18)26-2)5-9-20(23)21-10-11-28-17-8-6-15(22(24)25)13-16(17)21/h4-9,12-13H,3,10-11H2,1-2H3/b9-5+. The van der Waals surface area contributed by atoms with Crippen molar-refractivity contribution in [1.29, 1.82) is 0 Å². The van der Waals surface area contributed by atoms with Gasteiger partial charge in [-0.2, -0.15) is 0 Å². The molecule has 2 aromatic rings. The highest BCUT2D eigenvalue weighted by molar-refractivity contribution is 6.05. The van der Waals surface area contributed by atoms with Crippen LogP contribution in [0.1, 0.15) is 12.5 Å². The van der Waals surface area contributed by atoms with Gasteiger partial charge in [0, 0.05) is 18.2 Å². The van der Waals surface area contributed by atoms with Crippen LogP contribution in [0.3, 0.4) is 0 Å². The summed E-state index contributed by atoms with van der Waals surface area (Å²) < 4.78 is 16.3. The number of nitrogens with zero attached hydrogens (tertiary/aromatic N) is 2. The number of anilines is 1. The molecular formula is C20H20N2O6. The third-order valence-corrected chi connectivity index (χ3v) is 4.19. The Hall–Kier alpha value is -3.55. The first kappa shape index (κ1) is 19.2. The number of fused-ring (bicyclic) bond motifs is 1. The van der Waals surface area contributed by atoms with Gasteiger partial charge in [0.05, 0.1) is 30.9 Å². The van der Waals surface area contributed by atoms with Gasteiger partial charge in [-0.15, -0.1) is 0 Å². The number of hydrogen-bond donors (Lipinski definition) is 0. The molecule has 2 aromatic carbocycles. The normalized spacial score (nSPS) is 13.0. The molecule has 0 aromatic heterocycles. The van der Waals surface area contributed by atoms with Crippen molar-refractivity contribution in [3.8, 4) is 17.2 Å². The van der Waals surface area contributed by atoms with E-state index < -0.39 is 4.92 Å². The highest BCUT2D eigenvalue weighted by atomic mass is 16.6. The van der Waals surface area contributed by atoms with Crippen molar-refractivity contribution in [2.24, 2.45) is 0 Å². The van der Waals surface area contributed by atoms with Crippen molar-refractivity contribution in [1.82, 2.24) is 0 Å². The summed E-state index contributed by atoms with van der Waals surface area (Å²) in [6, 6.07) is 9.57. The van der Waals surface area contributed by atoms with Crippen molar-refractivity contribution < 1.29 is 23.9 Å². The van der Waals surface area contributed by atoms with Gasteiger partial charge in [-0.1, -0.05) is 6.07 Å². The van der Waals surface area contributed by atoms with Crippen molar-refractivity contribution in [3.05, 3.63) is 58.2 Å². The lowest BCUT2D eigenvalue weighted by Gasteiger charge is -2.28. The molecule has 0 radical (unpaired) electrons. The number of benzene rings is 2. The molecule has 1 heterocycles. The molecule has 146 valence electrons. The third kappa shape index (κ3) is 4.06. The quantitative estimate of drug-likeness (QED) is 0.430. The van der Waals surface area contributed by atoms with Gasteiger partial charge >= 0.3 is 0 Å². The topological polar surface area (TPSA) is 91.1 Å². The van der Waals surface area contributed by atoms with Gasteiger partial charge in [0.25, 0.3) is 11.6 Å². The zero-order valence-electron chi connectivity index (χ0n) is 15.6. The van der Waals surface area contributed by atoms with E-state index in [2.05, 4.69) is 0 Å². The van der Waals surface area contributed by atoms with Crippen LogP contribution in [0.4, 0.5) is 11.4 Å². The van der Waals surface area contributed by atoms with Crippen molar-refractivity contribution in [2.45, 2.75) is 6.92 Å². The lowest BCUT2D eigenvalue weighted by Crippen LogP contribution is -2.36. The lowest BCUT2D eigenvalue weighted by molar-refractivity contribution is -0.384. The zero-order chi connectivity index (χ0) is 20.1. The number of ether oxygens (including phenoxy) is 3. The second-order valence-electron chi connectivity index (χ2n) is 5.92. The summed E-state index contributed by atoms with van der Waals surface area (Å²) in [7, 11) is 1.55. The van der Waals surface area contributed by atoms with Crippen molar-refractivity contribution >= 4 is 23.4 Å². The fourth-order valence-electron chi connectivity index (χ4n) is 2.87. The van der Waals surface area contributed by atoms with E-state index in [1.807, 2.05) is 13.0 Å². The molecule has 8 heteroatoms. The Labute approximate surface area is 162 Å². The fraction of sp³-hybridized carbons (Fsp3) is 0.250. The number of rotatable bonds is 6. The van der Waals surface area contributed by atoms with E-state index in [-0.39, 0.29) is 11.6 Å². The van der Waals surface area contributed by atoms with E-state index in [0.29, 0.717) is 42.7 Å². The second-order valence-corrected chi connectivity index (χ2v) is 5.92. The van der Waals surface area contributed by atoms with Gasteiger partial charge in [0.15, 0.2) is 11.5 Å². The van der Waals surface area contributed by atoms with E-state index in [1.54, 1.807) is 25.3 Å². The number of carbonyl (C=O) groups is 1. The molecule has 0 unspecified atom stereocenters. The van der Waals surface area contributed by atoms with Crippen LogP contribution in [0.25, 0.3) is 6.08 Å². The summed E-state index contributed by atoms with van der Waals surface area (Å²) in [6.45, 7) is 3.04. The maximum atomic E-state index is 12.7. The average Bonchev–Trinajstić information content (AvgIpc) is 2.72. The SMILES string of the molecule is CCOc1ccc(/C=C/C(=O)N2CCOc3ccc([N+](=O)[O-])cc32)cc1OC. The first-order chi connectivity index (χ1) is 13.5. The number of nitro groups is 1. The first-order valence-electron chi connectivity index (χ1n) is 8.75. The van der Waals surface area contributed by atoms with E-state index in [9.17, 15) is 14.9 Å². The van der Waals surface area contributed by atoms with Crippen LogP contribution in [-0.4, -0.2) is 37.7 Å². The Morgan fingerprint density at radius 2 is 2.11 bits per heavy atom. The molecule has 1 amide bonds. The smallest absolute Gasteiger partial charge is 0.271 e. The Morgan fingerprint density at radius 1 is 1.29 bits per heavy atom. The molecule has 1 aliphatic rings. The van der Waals surface area contributed by atoms with E-state index in [1.165, 1.54) is 29.2 Å². The average molecular weight is 384 g/mol. The molecule has 0 atom stereocenters. The molecular weight excluding hydrogens is 364 g/mol. The monoisotopic (exact) mass is 384 g/mol. The Morgan fingerprint density at radius 3 is 2.82 bits per heavy atom. The van der Waals surface area contributed by atoms with Crippen LogP contribution in [0.2, 0.25) is 0 Å². The Bertz CT molecular complexity index is 925. The lowest BCUT2D eigenvalue weighted by atomic mass is 10.1. The molecule has 8 nitrogen and oxygen atoms in total. The summed E-state index contributed by atoms with van der Waals surface area (Å²) in [5.74, 6) is 1.35. The molecule has 0 bridgehead atoms. The Balaban J connectivity index is 1.82. The molecule has 0 fully saturated rings. The van der Waals surface area contributed by atoms with Gasteiger partial charge in [-0.05, 0) is 36.8 Å². The van der Waals surface area contributed by atoms with E-state index >= 15 is 0 Å². The predicted octanol–water partition coefficient (Wildman–Crippen LogP) is 3.44. The molecule has 0 N–H and O–H groups in total. The number of carbonyl (C=O) groups excluding carboxylic acids is 1. The maximum Gasteiger partial charge on any atom is 0.271 e. The third-order valence-electron chi connectivity index (χ3n) is 4.19. The van der Waals surface area contributed by atoms with Crippen LogP contribution in [0, 0.1) is 10.1 Å². The maximum absolute atomic E-state index is 12.7. The van der Waals surface area contributed by atoms with E-state index in [0.717, 1.165) is 5.56 Å². The fourth-order valence-corrected chi connectivity index (χ4v) is 2.87. The van der Waals surface area contributed by atoms with Crippen LogP contribution >= 0.6 is 0 Å². The Kier molecular flexibility index (Phi) is 5.78. The highest BCUT2D eigenvalue weighted by Gasteiger charge is 2.24. The van der Waals surface area contributed by atoms with Crippen molar-refractivity contribution in [3.63, 3.8) is 0 Å². The molecule has 0 saturated carbocycles. The molecule has 0 spiro atoms. The van der Waals surface area contributed by atoms with Gasteiger partial charge in [-0.3, -0.25) is 14.9 Å².